The highest BCUT2D eigenvalue weighted by Gasteiger charge is 2.26. The minimum absolute atomic E-state index is 0.0170. The van der Waals surface area contributed by atoms with Crippen LogP contribution in [0.4, 0.5) is 14.9 Å². The number of hydrogen-bond donors (Lipinski definition) is 2. The third kappa shape index (κ3) is 7.52. The van der Waals surface area contributed by atoms with E-state index in [0.29, 0.717) is 52.9 Å². The van der Waals surface area contributed by atoms with E-state index in [-0.39, 0.29) is 35.9 Å². The fourth-order valence-corrected chi connectivity index (χ4v) is 5.25. The molecule has 14 heteroatoms. The summed E-state index contributed by atoms with van der Waals surface area (Å²) < 4.78 is 33.8. The van der Waals surface area contributed by atoms with Gasteiger partial charge in [-0.1, -0.05) is 41.4 Å². The molecule has 0 saturated heterocycles. The SMILES string of the molecule is Cc1c(Cl)cccc1OCCOC(=O)N1CCCOc2c(-c3cnn(Cc4c(F)cc(C(=O)NCC(=O)O)cc4Cl)c3)cccc21. The summed E-state index contributed by atoms with van der Waals surface area (Å²) in [6, 6.07) is 13.0. The number of aromatic nitrogens is 2. The molecule has 3 aromatic carbocycles. The quantitative estimate of drug-likeness (QED) is 0.197. The van der Waals surface area contributed by atoms with Crippen molar-refractivity contribution in [3.05, 3.63) is 93.5 Å². The van der Waals surface area contributed by atoms with Crippen LogP contribution < -0.4 is 19.7 Å². The monoisotopic (exact) mass is 670 g/mol. The van der Waals surface area contributed by atoms with E-state index in [4.69, 9.17) is 42.5 Å². The number of halogens is 3. The Kier molecular flexibility index (Phi) is 10.3. The maximum atomic E-state index is 15.0. The number of carbonyl (C=O) groups is 3. The zero-order chi connectivity index (χ0) is 32.8. The van der Waals surface area contributed by atoms with Crippen molar-refractivity contribution in [1.82, 2.24) is 15.1 Å². The van der Waals surface area contributed by atoms with Crippen LogP contribution in [-0.2, 0) is 16.1 Å². The van der Waals surface area contributed by atoms with Crippen molar-refractivity contribution in [2.45, 2.75) is 19.9 Å². The van der Waals surface area contributed by atoms with E-state index in [0.717, 1.165) is 11.6 Å². The maximum Gasteiger partial charge on any atom is 0.414 e. The molecule has 0 saturated carbocycles. The standard InChI is InChI=1S/C32H29Cl2FN4O7/c1-19-24(33)6-3-8-28(19)44-11-12-46-32(43)39-9-4-10-45-30-22(5-2-7-27(30)39)21-15-37-38(17-21)18-23-25(34)13-20(14-26(23)35)31(42)36-16-29(40)41/h2-3,5-8,13-15,17H,4,9-12,16,18H2,1H3,(H,36,42)(H,40,41). The Morgan fingerprint density at radius 3 is 2.70 bits per heavy atom. The first-order chi connectivity index (χ1) is 22.1. The summed E-state index contributed by atoms with van der Waals surface area (Å²) >= 11 is 12.4. The molecule has 5 rings (SSSR count). The van der Waals surface area contributed by atoms with Crippen LogP contribution in [0, 0.1) is 12.7 Å². The van der Waals surface area contributed by atoms with E-state index < -0.39 is 30.3 Å². The van der Waals surface area contributed by atoms with Crippen LogP contribution >= 0.6 is 23.2 Å². The van der Waals surface area contributed by atoms with E-state index in [2.05, 4.69) is 10.4 Å². The first kappa shape index (κ1) is 32.6. The number of nitrogens with one attached hydrogen (secondary N) is 1. The molecule has 2 heterocycles. The smallest absolute Gasteiger partial charge is 0.414 e. The molecule has 0 spiro atoms. The average Bonchev–Trinajstić information content (AvgIpc) is 3.38. The molecule has 240 valence electrons. The predicted octanol–water partition coefficient (Wildman–Crippen LogP) is 5.97. The molecule has 0 radical (unpaired) electrons. The number of amides is 2. The largest absolute Gasteiger partial charge is 0.491 e. The first-order valence-electron chi connectivity index (χ1n) is 14.2. The van der Waals surface area contributed by atoms with Gasteiger partial charge in [-0.2, -0.15) is 5.10 Å². The Labute approximate surface area is 273 Å². The number of carboxylic acids is 1. The Hall–Kier alpha value is -4.81. The summed E-state index contributed by atoms with van der Waals surface area (Å²) in [5.74, 6) is -1.65. The minimum atomic E-state index is -1.23. The third-order valence-electron chi connectivity index (χ3n) is 7.13. The highest BCUT2D eigenvalue weighted by atomic mass is 35.5. The number of fused-ring (bicyclic) bond motifs is 1. The fraction of sp³-hybridized carbons (Fsp3) is 0.250. The summed E-state index contributed by atoms with van der Waals surface area (Å²) in [6.45, 7) is 2.11. The first-order valence-corrected chi connectivity index (χ1v) is 15.0. The summed E-state index contributed by atoms with van der Waals surface area (Å²) in [5.41, 5.74) is 2.64. The fourth-order valence-electron chi connectivity index (χ4n) is 4.82. The second kappa shape index (κ2) is 14.5. The molecular weight excluding hydrogens is 642 g/mol. The topological polar surface area (TPSA) is 132 Å². The van der Waals surface area contributed by atoms with Gasteiger partial charge < -0.3 is 24.6 Å². The van der Waals surface area contributed by atoms with Crippen LogP contribution in [0.1, 0.15) is 27.9 Å². The second-order valence-electron chi connectivity index (χ2n) is 10.3. The van der Waals surface area contributed by atoms with Crippen molar-refractivity contribution in [3.8, 4) is 22.6 Å². The number of aliphatic carboxylic acids is 1. The lowest BCUT2D eigenvalue weighted by molar-refractivity contribution is -0.135. The number of benzene rings is 3. The van der Waals surface area contributed by atoms with Crippen LogP contribution in [0.15, 0.2) is 60.9 Å². The summed E-state index contributed by atoms with van der Waals surface area (Å²) in [5, 5.41) is 15.8. The molecule has 46 heavy (non-hydrogen) atoms. The molecule has 2 N–H and O–H groups in total. The van der Waals surface area contributed by atoms with Crippen molar-refractivity contribution < 1.29 is 38.1 Å². The molecule has 1 aliphatic rings. The molecule has 2 amide bonds. The Bertz CT molecular complexity index is 1760. The van der Waals surface area contributed by atoms with Crippen molar-refractivity contribution in [1.29, 1.82) is 0 Å². The van der Waals surface area contributed by atoms with Gasteiger partial charge in [0, 0.05) is 50.6 Å². The number of hydrogen-bond acceptors (Lipinski definition) is 7. The highest BCUT2D eigenvalue weighted by Crippen LogP contribution is 2.40. The minimum Gasteiger partial charge on any atom is -0.491 e. The zero-order valence-corrected chi connectivity index (χ0v) is 26.1. The summed E-state index contributed by atoms with van der Waals surface area (Å²) in [4.78, 5) is 37.5. The Morgan fingerprint density at radius 1 is 1.11 bits per heavy atom. The molecule has 0 bridgehead atoms. The number of ether oxygens (including phenoxy) is 3. The van der Waals surface area contributed by atoms with Gasteiger partial charge in [-0.25, -0.2) is 9.18 Å². The second-order valence-corrected chi connectivity index (χ2v) is 11.1. The molecule has 11 nitrogen and oxygen atoms in total. The lowest BCUT2D eigenvalue weighted by Gasteiger charge is -2.22. The zero-order valence-electron chi connectivity index (χ0n) is 24.6. The number of nitrogens with zero attached hydrogens (tertiary/aromatic N) is 3. The van der Waals surface area contributed by atoms with Gasteiger partial charge in [-0.05, 0) is 43.7 Å². The Balaban J connectivity index is 1.28. The molecule has 1 aromatic heterocycles. The number of carbonyl (C=O) groups excluding carboxylic acids is 2. The molecule has 0 aliphatic carbocycles. The van der Waals surface area contributed by atoms with Gasteiger partial charge >= 0.3 is 12.1 Å². The van der Waals surface area contributed by atoms with Crippen molar-refractivity contribution in [2.24, 2.45) is 0 Å². The molecule has 1 aliphatic heterocycles. The molecule has 0 unspecified atom stereocenters. The Morgan fingerprint density at radius 2 is 1.91 bits per heavy atom. The van der Waals surface area contributed by atoms with E-state index in [1.54, 1.807) is 42.7 Å². The van der Waals surface area contributed by atoms with Crippen molar-refractivity contribution in [2.75, 3.05) is 37.8 Å². The molecular formula is C32H29Cl2FN4O7. The summed E-state index contributed by atoms with van der Waals surface area (Å²) in [7, 11) is 0. The van der Waals surface area contributed by atoms with E-state index >= 15 is 4.39 Å². The highest BCUT2D eigenvalue weighted by molar-refractivity contribution is 6.32. The third-order valence-corrected chi connectivity index (χ3v) is 7.88. The van der Waals surface area contributed by atoms with Crippen LogP contribution in [0.2, 0.25) is 10.0 Å². The lowest BCUT2D eigenvalue weighted by atomic mass is 10.1. The van der Waals surface area contributed by atoms with Crippen molar-refractivity contribution in [3.63, 3.8) is 0 Å². The molecule has 0 fully saturated rings. The molecule has 4 aromatic rings. The number of anilines is 1. The van der Waals surface area contributed by atoms with E-state index in [9.17, 15) is 14.4 Å². The number of para-hydroxylation sites is 1. The van der Waals surface area contributed by atoms with Crippen molar-refractivity contribution >= 4 is 46.9 Å². The van der Waals surface area contributed by atoms with Gasteiger partial charge in [0.2, 0.25) is 0 Å². The van der Waals surface area contributed by atoms with Gasteiger partial charge in [0.15, 0.2) is 5.75 Å². The van der Waals surface area contributed by atoms with Crippen LogP contribution in [-0.4, -0.2) is 65.8 Å². The summed E-state index contributed by atoms with van der Waals surface area (Å²) in [6.07, 6.45) is 3.30. The van der Waals surface area contributed by atoms with Crippen LogP contribution in [0.5, 0.6) is 11.5 Å². The van der Waals surface area contributed by atoms with Gasteiger partial charge in [-0.3, -0.25) is 19.2 Å². The normalized spacial score (nSPS) is 12.5. The lowest BCUT2D eigenvalue weighted by Crippen LogP contribution is -2.33. The molecule has 0 atom stereocenters. The van der Waals surface area contributed by atoms with E-state index in [1.807, 2.05) is 13.0 Å². The predicted molar refractivity (Wildman–Crippen MR) is 169 cm³/mol. The average molecular weight is 672 g/mol. The van der Waals surface area contributed by atoms with Gasteiger partial charge in [-0.15, -0.1) is 0 Å². The van der Waals surface area contributed by atoms with Gasteiger partial charge in [0.05, 0.1) is 25.0 Å². The van der Waals surface area contributed by atoms with Crippen LogP contribution in [0.3, 0.4) is 0 Å². The number of rotatable bonds is 10. The van der Waals surface area contributed by atoms with Crippen LogP contribution in [0.25, 0.3) is 11.1 Å². The maximum absolute atomic E-state index is 15.0. The van der Waals surface area contributed by atoms with Gasteiger partial charge in [0.1, 0.15) is 31.3 Å². The van der Waals surface area contributed by atoms with E-state index in [1.165, 1.54) is 15.6 Å². The number of carboxylic acid groups (broad SMARTS) is 1. The van der Waals surface area contributed by atoms with Gasteiger partial charge in [0.25, 0.3) is 5.91 Å².